The molecule has 0 saturated heterocycles. The second-order valence-corrected chi connectivity index (χ2v) is 23.5. The average Bonchev–Trinajstić information content (AvgIpc) is 3.99. The number of thiol groups is 1. The zero-order chi connectivity index (χ0) is 51.6. The van der Waals surface area contributed by atoms with Gasteiger partial charge in [-0.15, -0.1) is 45.3 Å². The first-order valence-corrected chi connectivity index (χ1v) is 26.2. The number of aryl methyl sites for hydroxylation is 4. The molecule has 0 aliphatic rings. The van der Waals surface area contributed by atoms with Gasteiger partial charge in [0, 0.05) is 70.0 Å². The SMILES string of the molecule is C=C(C)C(=O)NCCNC(=O)Cc1cc(C)sc1-c1cc(CC(=O)NCC[N+](C)(C)CC(=O)[O-])c(C)s1.Cc1cc(CC(=O)NCCS)c(-c2cc(CC(=O)NCC[N+](C)(C)CC(=O)[O-])c(C)s2)s1. The van der Waals surface area contributed by atoms with Gasteiger partial charge in [0.1, 0.15) is 13.1 Å². The van der Waals surface area contributed by atoms with Crippen LogP contribution in [-0.2, 0) is 59.2 Å². The highest BCUT2D eigenvalue weighted by Gasteiger charge is 2.21. The minimum absolute atomic E-state index is 0.0222. The van der Waals surface area contributed by atoms with Crippen molar-refractivity contribution in [3.05, 3.63) is 78.2 Å². The fraction of sp³-hybridized carbons (Fsp3) is 0.479. The topological polar surface area (TPSA) is 226 Å². The molecule has 5 amide bonds. The summed E-state index contributed by atoms with van der Waals surface area (Å²) in [6, 6.07) is 8.11. The summed E-state index contributed by atoms with van der Waals surface area (Å²) >= 11 is 10.6. The third-order valence-corrected chi connectivity index (χ3v) is 15.5. The standard InChI is InChI=1S/C26H36N4O5S2.C22H31N3O4S3/c1-16(2)26(35)29-8-7-27-23(32)14-20-11-17(3)36-25(20)21-12-19(18(4)37-21)13-22(31)28-9-10-30(5,6)15-24(33)34;1-14-9-17(12-20(27)24-6-8-30)22(31-14)18-10-16(15(2)32-18)11-19(26)23-5-7-25(3,4)13-21(28)29/h11-12H,1,7-10,13-15H2,2-6H3,(H3-,27,28,29,31,32,33,34,35);9-10H,5-8,11-13H2,1-4H3,(H3-,23,24,26,27,28,29,30). The first-order valence-electron chi connectivity index (χ1n) is 22.3. The lowest BCUT2D eigenvalue weighted by Crippen LogP contribution is -2.51. The number of nitrogens with zero attached hydrogens (tertiary/aromatic N) is 2. The molecule has 16 nitrogen and oxygen atoms in total. The predicted octanol–water partition coefficient (Wildman–Crippen LogP) is 2.10. The van der Waals surface area contributed by atoms with E-state index in [1.165, 1.54) is 0 Å². The Labute approximate surface area is 427 Å². The smallest absolute Gasteiger partial charge is 0.246 e. The molecule has 4 heterocycles. The molecule has 69 heavy (non-hydrogen) atoms. The van der Waals surface area contributed by atoms with Crippen LogP contribution in [0.25, 0.3) is 19.5 Å². The van der Waals surface area contributed by atoms with Gasteiger partial charge < -0.3 is 55.4 Å². The number of quaternary nitrogens is 2. The van der Waals surface area contributed by atoms with E-state index in [1.807, 2.05) is 52.0 Å². The fourth-order valence-electron chi connectivity index (χ4n) is 6.95. The summed E-state index contributed by atoms with van der Waals surface area (Å²) in [5.74, 6) is -2.23. The minimum atomic E-state index is -1.12. The highest BCUT2D eigenvalue weighted by molar-refractivity contribution is 7.80. The molecule has 0 aliphatic carbocycles. The van der Waals surface area contributed by atoms with Gasteiger partial charge in [-0.3, -0.25) is 24.0 Å². The maximum Gasteiger partial charge on any atom is 0.246 e. The number of aliphatic carboxylic acids is 2. The highest BCUT2D eigenvalue weighted by Crippen LogP contribution is 2.40. The molecule has 21 heteroatoms. The third kappa shape index (κ3) is 20.9. The summed E-state index contributed by atoms with van der Waals surface area (Å²) in [4.78, 5) is 91.3. The molecule has 4 aromatic rings. The molecule has 0 aliphatic heterocycles. The van der Waals surface area contributed by atoms with E-state index >= 15 is 0 Å². The molecule has 0 atom stereocenters. The maximum absolute atomic E-state index is 12.5. The number of rotatable bonds is 26. The minimum Gasteiger partial charge on any atom is -0.544 e. The van der Waals surface area contributed by atoms with Crippen molar-refractivity contribution in [1.82, 2.24) is 26.6 Å². The van der Waals surface area contributed by atoms with Crippen LogP contribution >= 0.6 is 58.0 Å². The Bertz CT molecular complexity index is 2470. The number of carboxylic acid groups (broad SMARTS) is 2. The Hall–Kier alpha value is -4.90. The number of amides is 5. The summed E-state index contributed by atoms with van der Waals surface area (Å²) in [5, 5.41) is 35.8. The lowest BCUT2D eigenvalue weighted by molar-refractivity contribution is -0.883. The molecule has 4 aromatic heterocycles. The van der Waals surface area contributed by atoms with Gasteiger partial charge in [0.2, 0.25) is 29.5 Å². The third-order valence-electron chi connectivity index (χ3n) is 10.5. The van der Waals surface area contributed by atoms with Gasteiger partial charge in [0.25, 0.3) is 0 Å². The van der Waals surface area contributed by atoms with Gasteiger partial charge in [-0.1, -0.05) is 6.58 Å². The monoisotopic (exact) mass is 1050 g/mol. The normalized spacial score (nSPS) is 11.3. The van der Waals surface area contributed by atoms with E-state index in [0.29, 0.717) is 63.6 Å². The zero-order valence-electron chi connectivity index (χ0n) is 41.1. The van der Waals surface area contributed by atoms with Gasteiger partial charge in [0.15, 0.2) is 0 Å². The van der Waals surface area contributed by atoms with Gasteiger partial charge in [-0.25, -0.2) is 0 Å². The molecule has 0 aromatic carbocycles. The van der Waals surface area contributed by atoms with E-state index in [4.69, 9.17) is 0 Å². The van der Waals surface area contributed by atoms with Gasteiger partial charge in [-0.2, -0.15) is 12.6 Å². The number of carbonyl (C=O) groups is 7. The number of hydrogen-bond acceptors (Lipinski definition) is 14. The Morgan fingerprint density at radius 2 is 0.884 bits per heavy atom. The van der Waals surface area contributed by atoms with E-state index in [-0.39, 0.29) is 70.9 Å². The second kappa shape index (κ2) is 27.5. The van der Waals surface area contributed by atoms with Crippen LogP contribution in [0.2, 0.25) is 0 Å². The quantitative estimate of drug-likeness (QED) is 0.0234. The zero-order valence-corrected chi connectivity index (χ0v) is 45.2. The Kier molecular flexibility index (Phi) is 23.3. The Morgan fingerprint density at radius 3 is 1.25 bits per heavy atom. The van der Waals surface area contributed by atoms with Crippen molar-refractivity contribution in [3.63, 3.8) is 0 Å². The molecule has 0 bridgehead atoms. The van der Waals surface area contributed by atoms with E-state index < -0.39 is 11.9 Å². The van der Waals surface area contributed by atoms with Crippen molar-refractivity contribution in [2.75, 3.05) is 92.8 Å². The van der Waals surface area contributed by atoms with E-state index in [0.717, 1.165) is 61.3 Å². The molecule has 0 saturated carbocycles. The number of likely N-dealkylation sites (N-methyl/N-ethyl adjacent to an activating group) is 2. The molecule has 5 N–H and O–H groups in total. The molecule has 0 radical (unpaired) electrons. The van der Waals surface area contributed by atoms with Gasteiger partial charge >= 0.3 is 0 Å². The maximum atomic E-state index is 12.5. The van der Waals surface area contributed by atoms with Crippen molar-refractivity contribution in [2.24, 2.45) is 0 Å². The fourth-order valence-corrected chi connectivity index (χ4v) is 11.5. The van der Waals surface area contributed by atoms with Crippen molar-refractivity contribution in [2.45, 2.75) is 60.3 Å². The molecular weight excluding hydrogens is 979 g/mol. The number of nitrogens with one attached hydrogen (secondary N) is 5. The average molecular weight is 1050 g/mol. The van der Waals surface area contributed by atoms with E-state index in [2.05, 4.69) is 45.8 Å². The first-order chi connectivity index (χ1) is 32.3. The Balaban J connectivity index is 0.000000369. The van der Waals surface area contributed by atoms with Crippen molar-refractivity contribution in [1.29, 1.82) is 0 Å². The number of carboxylic acids is 2. The molecule has 0 spiro atoms. The lowest BCUT2D eigenvalue weighted by atomic mass is 10.1. The van der Waals surface area contributed by atoms with Crippen molar-refractivity contribution < 1.29 is 52.7 Å². The summed E-state index contributed by atoms with van der Waals surface area (Å²) in [6.45, 7) is 15.9. The number of hydrogen-bond donors (Lipinski definition) is 6. The van der Waals surface area contributed by atoms with Crippen LogP contribution in [0.1, 0.15) is 48.7 Å². The van der Waals surface area contributed by atoms with Crippen LogP contribution in [0.5, 0.6) is 0 Å². The van der Waals surface area contributed by atoms with Gasteiger partial charge in [-0.05, 0) is 81.1 Å². The number of carbonyl (C=O) groups excluding carboxylic acids is 7. The molecule has 0 fully saturated rings. The summed E-state index contributed by atoms with van der Waals surface area (Å²) < 4.78 is 0.466. The summed E-state index contributed by atoms with van der Waals surface area (Å²) in [7, 11) is 7.13. The molecule has 4 rings (SSSR count). The van der Waals surface area contributed by atoms with E-state index in [1.54, 1.807) is 80.5 Å². The highest BCUT2D eigenvalue weighted by atomic mass is 32.1. The second-order valence-electron chi connectivity index (χ2n) is 18.1. The van der Waals surface area contributed by atoms with Crippen LogP contribution in [0, 0.1) is 27.7 Å². The van der Waals surface area contributed by atoms with Crippen molar-refractivity contribution in [3.8, 4) is 19.5 Å². The first kappa shape index (κ1) is 58.4. The lowest BCUT2D eigenvalue weighted by Gasteiger charge is -2.30. The van der Waals surface area contributed by atoms with Crippen LogP contribution in [0.3, 0.4) is 0 Å². The van der Waals surface area contributed by atoms with Gasteiger partial charge in [0.05, 0.1) is 92.0 Å². The molecule has 0 unspecified atom stereocenters. The predicted molar refractivity (Wildman–Crippen MR) is 276 cm³/mol. The van der Waals surface area contributed by atoms with Crippen LogP contribution in [0.4, 0.5) is 0 Å². The van der Waals surface area contributed by atoms with Crippen LogP contribution in [-0.4, -0.2) is 143 Å². The summed E-state index contributed by atoms with van der Waals surface area (Å²) in [5.41, 5.74) is 4.23. The summed E-state index contributed by atoms with van der Waals surface area (Å²) in [6.07, 6.45) is 1.03. The van der Waals surface area contributed by atoms with Crippen LogP contribution < -0.4 is 36.8 Å². The Morgan fingerprint density at radius 1 is 0.536 bits per heavy atom. The van der Waals surface area contributed by atoms with Crippen molar-refractivity contribution >= 4 is 99.5 Å². The van der Waals surface area contributed by atoms with Crippen LogP contribution in [0.15, 0.2) is 36.4 Å². The molecule has 378 valence electrons. The molecular formula is C48H67N7O9S5. The van der Waals surface area contributed by atoms with E-state index in [9.17, 15) is 43.8 Å². The number of thiophene rings is 4. The largest absolute Gasteiger partial charge is 0.544 e.